The number of aromatic nitrogens is 6. The van der Waals surface area contributed by atoms with Gasteiger partial charge in [-0.15, -0.1) is 5.10 Å². The van der Waals surface area contributed by atoms with Crippen LogP contribution < -0.4 is 4.90 Å². The summed E-state index contributed by atoms with van der Waals surface area (Å²) >= 11 is 0. The number of amides is 2. The summed E-state index contributed by atoms with van der Waals surface area (Å²) in [5, 5.41) is 8.67. The first-order valence-corrected chi connectivity index (χ1v) is 10.7. The number of carbonyl (C=O) groups excluding carboxylic acids is 1. The lowest BCUT2D eigenvalue weighted by Crippen LogP contribution is -2.52. The number of urea groups is 1. The summed E-state index contributed by atoms with van der Waals surface area (Å²) in [4.78, 5) is 31.2. The van der Waals surface area contributed by atoms with Crippen LogP contribution in [-0.4, -0.2) is 78.0 Å². The Hall–Kier alpha value is -4.24. The number of alkyl halides is 3. The summed E-state index contributed by atoms with van der Waals surface area (Å²) in [6.45, 7) is 1.03. The first-order valence-electron chi connectivity index (χ1n) is 10.7. The molecular formula is C20H17F5N10O. The zero-order valence-electron chi connectivity index (χ0n) is 18.3. The van der Waals surface area contributed by atoms with Gasteiger partial charge in [-0.2, -0.15) is 27.9 Å². The van der Waals surface area contributed by atoms with Crippen molar-refractivity contribution in [2.45, 2.75) is 18.6 Å². The van der Waals surface area contributed by atoms with Crippen LogP contribution in [0.15, 0.2) is 36.1 Å². The molecule has 0 unspecified atom stereocenters. The Balaban J connectivity index is 1.27. The highest BCUT2D eigenvalue weighted by Crippen LogP contribution is 2.30. The van der Waals surface area contributed by atoms with Gasteiger partial charge in [0.25, 0.3) is 5.82 Å². The van der Waals surface area contributed by atoms with Crippen molar-refractivity contribution >= 4 is 18.2 Å². The molecule has 0 radical (unpaired) electrons. The molecule has 36 heavy (non-hydrogen) atoms. The third-order valence-corrected chi connectivity index (χ3v) is 5.65. The molecule has 1 saturated heterocycles. The number of hydrogen-bond acceptors (Lipinski definition) is 8. The van der Waals surface area contributed by atoms with Crippen LogP contribution in [0, 0.1) is 11.6 Å². The fourth-order valence-electron chi connectivity index (χ4n) is 3.89. The normalized spacial score (nSPS) is 18.2. The van der Waals surface area contributed by atoms with E-state index in [1.807, 2.05) is 0 Å². The van der Waals surface area contributed by atoms with E-state index in [1.54, 1.807) is 16.0 Å². The maximum Gasteiger partial charge on any atom is 0.453 e. The fraction of sp³-hybridized carbons (Fsp3) is 0.350. The molecule has 188 valence electrons. The molecule has 2 aliphatic heterocycles. The molecular weight excluding hydrogens is 491 g/mol. The number of rotatable bonds is 3. The highest BCUT2D eigenvalue weighted by atomic mass is 19.4. The number of anilines is 1. The number of pyridine rings is 1. The predicted molar refractivity (Wildman–Crippen MR) is 113 cm³/mol. The Morgan fingerprint density at radius 2 is 1.81 bits per heavy atom. The lowest BCUT2D eigenvalue weighted by atomic mass is 10.1. The average Bonchev–Trinajstić information content (AvgIpc) is 3.54. The quantitative estimate of drug-likeness (QED) is 0.500. The number of hydrazone groups is 1. The second-order valence-electron chi connectivity index (χ2n) is 7.94. The molecule has 0 bridgehead atoms. The van der Waals surface area contributed by atoms with Crippen LogP contribution in [0.4, 0.5) is 32.7 Å². The lowest BCUT2D eigenvalue weighted by molar-refractivity contribution is -0.144. The molecule has 0 aromatic carbocycles. The average molecular weight is 508 g/mol. The standard InChI is InChI=1S/C20H17F5N10O/c21-13-7-12(8-26-9-13)15-1-2-29-35(15)19(36)33-5-3-32(4-6-33)18-27-10-14(22)16(30-18)34-11-28-17(31-34)20(23,24)25/h2,7-11,15H,1,3-6H2/t15-/m0/s1. The molecule has 11 nitrogen and oxygen atoms in total. The molecule has 3 aromatic heterocycles. The van der Waals surface area contributed by atoms with Gasteiger partial charge in [0.05, 0.1) is 18.4 Å². The Bertz CT molecular complexity index is 1300. The van der Waals surface area contributed by atoms with Crippen LogP contribution in [0.1, 0.15) is 23.9 Å². The highest BCUT2D eigenvalue weighted by molar-refractivity contribution is 5.78. The summed E-state index contributed by atoms with van der Waals surface area (Å²) in [6.07, 6.45) is 1.32. The van der Waals surface area contributed by atoms with Crippen LogP contribution in [0.25, 0.3) is 5.82 Å². The lowest BCUT2D eigenvalue weighted by Gasteiger charge is -2.37. The van der Waals surface area contributed by atoms with Gasteiger partial charge in [0.15, 0.2) is 11.6 Å². The van der Waals surface area contributed by atoms with Gasteiger partial charge in [-0.1, -0.05) is 0 Å². The van der Waals surface area contributed by atoms with Crippen molar-refractivity contribution in [2.75, 3.05) is 31.1 Å². The molecule has 1 fully saturated rings. The van der Waals surface area contributed by atoms with E-state index in [0.717, 1.165) is 18.7 Å². The van der Waals surface area contributed by atoms with Gasteiger partial charge in [-0.3, -0.25) is 4.98 Å². The Labute approximate surface area is 199 Å². The van der Waals surface area contributed by atoms with Gasteiger partial charge in [0.1, 0.15) is 12.1 Å². The first-order chi connectivity index (χ1) is 17.2. The van der Waals surface area contributed by atoms with Crippen LogP contribution in [-0.2, 0) is 6.18 Å². The van der Waals surface area contributed by atoms with E-state index in [9.17, 15) is 26.7 Å². The van der Waals surface area contributed by atoms with E-state index in [2.05, 4.69) is 30.1 Å². The summed E-state index contributed by atoms with van der Waals surface area (Å²) < 4.78 is 66.9. The van der Waals surface area contributed by atoms with Crippen LogP contribution >= 0.6 is 0 Å². The SMILES string of the molecule is O=C(N1CCN(c2ncc(F)c(-n3cnc(C(F)(F)F)n3)n2)CC1)N1N=CC[C@H]1c1cncc(F)c1. The molecule has 0 N–H and O–H groups in total. The molecule has 5 heterocycles. The van der Waals surface area contributed by atoms with Gasteiger partial charge < -0.3 is 9.80 Å². The predicted octanol–water partition coefficient (Wildman–Crippen LogP) is 2.42. The smallest absolute Gasteiger partial charge is 0.337 e. The zero-order chi connectivity index (χ0) is 25.4. The van der Waals surface area contributed by atoms with Crippen molar-refractivity contribution in [3.63, 3.8) is 0 Å². The molecule has 3 aromatic rings. The van der Waals surface area contributed by atoms with Crippen molar-refractivity contribution in [1.82, 2.24) is 39.6 Å². The number of hydrogen-bond donors (Lipinski definition) is 0. The minimum Gasteiger partial charge on any atom is -0.337 e. The molecule has 2 amide bonds. The molecule has 5 rings (SSSR count). The van der Waals surface area contributed by atoms with Gasteiger partial charge in [-0.25, -0.2) is 28.6 Å². The molecule has 0 spiro atoms. The molecule has 1 atom stereocenters. The van der Waals surface area contributed by atoms with Crippen molar-refractivity contribution in [1.29, 1.82) is 0 Å². The van der Waals surface area contributed by atoms with E-state index < -0.39 is 35.5 Å². The second-order valence-corrected chi connectivity index (χ2v) is 7.94. The van der Waals surface area contributed by atoms with E-state index in [-0.39, 0.29) is 38.2 Å². The second kappa shape index (κ2) is 9.09. The molecule has 16 heteroatoms. The summed E-state index contributed by atoms with van der Waals surface area (Å²) in [7, 11) is 0. The third kappa shape index (κ3) is 4.52. The van der Waals surface area contributed by atoms with Gasteiger partial charge in [-0.05, 0) is 11.6 Å². The highest BCUT2D eigenvalue weighted by Gasteiger charge is 2.37. The Morgan fingerprint density at radius 3 is 2.50 bits per heavy atom. The summed E-state index contributed by atoms with van der Waals surface area (Å²) in [5.41, 5.74) is 0.522. The van der Waals surface area contributed by atoms with Crippen molar-refractivity contribution in [2.24, 2.45) is 5.10 Å². The van der Waals surface area contributed by atoms with E-state index in [0.29, 0.717) is 16.7 Å². The minimum atomic E-state index is -4.79. The number of nitrogens with zero attached hydrogens (tertiary/aromatic N) is 10. The van der Waals surface area contributed by atoms with Crippen molar-refractivity contribution < 1.29 is 26.7 Å². The molecule has 0 saturated carbocycles. The first kappa shape index (κ1) is 23.5. The van der Waals surface area contributed by atoms with Gasteiger partial charge >= 0.3 is 12.2 Å². The Morgan fingerprint density at radius 1 is 1.03 bits per heavy atom. The summed E-state index contributed by atoms with van der Waals surface area (Å²) in [5.74, 6) is -3.34. The Kier molecular flexibility index (Phi) is 5.93. The maximum atomic E-state index is 14.3. The van der Waals surface area contributed by atoms with Crippen molar-refractivity contribution in [3.05, 3.63) is 54.0 Å². The maximum absolute atomic E-state index is 14.3. The van der Waals surface area contributed by atoms with Gasteiger partial charge in [0.2, 0.25) is 5.95 Å². The zero-order valence-corrected chi connectivity index (χ0v) is 18.3. The van der Waals surface area contributed by atoms with Crippen LogP contribution in [0.5, 0.6) is 0 Å². The number of carbonyl (C=O) groups is 1. The molecule has 0 aliphatic carbocycles. The topological polar surface area (TPSA) is 109 Å². The monoisotopic (exact) mass is 508 g/mol. The van der Waals surface area contributed by atoms with Crippen LogP contribution in [0.3, 0.4) is 0 Å². The van der Waals surface area contributed by atoms with E-state index in [1.165, 1.54) is 17.3 Å². The van der Waals surface area contributed by atoms with Crippen LogP contribution in [0.2, 0.25) is 0 Å². The number of halogens is 5. The minimum absolute atomic E-state index is 0.0606. The van der Waals surface area contributed by atoms with E-state index in [4.69, 9.17) is 0 Å². The van der Waals surface area contributed by atoms with Gasteiger partial charge in [0, 0.05) is 45.0 Å². The molecule has 2 aliphatic rings. The number of piperazine rings is 1. The third-order valence-electron chi connectivity index (χ3n) is 5.65. The van der Waals surface area contributed by atoms with Crippen molar-refractivity contribution in [3.8, 4) is 5.82 Å². The summed E-state index contributed by atoms with van der Waals surface area (Å²) in [6, 6.07) is 0.451. The van der Waals surface area contributed by atoms with E-state index >= 15 is 0 Å². The largest absolute Gasteiger partial charge is 0.453 e. The fourth-order valence-corrected chi connectivity index (χ4v) is 3.89.